The van der Waals surface area contributed by atoms with Crippen molar-refractivity contribution in [1.29, 1.82) is 5.26 Å². The van der Waals surface area contributed by atoms with E-state index < -0.39 is 5.97 Å². The minimum atomic E-state index is -0.432. The molecule has 0 atom stereocenters. The third kappa shape index (κ3) is 13.7. The monoisotopic (exact) mass is 297 g/mol. The number of nitriles is 1. The molecule has 0 aromatic rings. The number of unbranched alkanes of at least 4 members (excludes halogenated alkanes) is 2. The minimum absolute atomic E-state index is 0.117. The van der Waals surface area contributed by atoms with Crippen LogP contribution in [0.3, 0.4) is 0 Å². The van der Waals surface area contributed by atoms with E-state index in [0.717, 1.165) is 38.2 Å². The van der Waals surface area contributed by atoms with Gasteiger partial charge in [0.15, 0.2) is 0 Å². The van der Waals surface area contributed by atoms with Crippen LogP contribution in [0.4, 0.5) is 0 Å². The first kappa shape index (κ1) is 19.9. The van der Waals surface area contributed by atoms with E-state index in [0.29, 0.717) is 6.61 Å². The van der Waals surface area contributed by atoms with Gasteiger partial charge in [0.1, 0.15) is 6.42 Å². The lowest BCUT2D eigenvalue weighted by atomic mass is 10.0. The van der Waals surface area contributed by atoms with Crippen LogP contribution in [0.25, 0.3) is 0 Å². The third-order valence-electron chi connectivity index (χ3n) is 3.33. The van der Waals surface area contributed by atoms with Gasteiger partial charge in [-0.2, -0.15) is 5.26 Å². The summed E-state index contributed by atoms with van der Waals surface area (Å²) < 4.78 is 10.9. The van der Waals surface area contributed by atoms with Crippen molar-refractivity contribution >= 4 is 5.97 Å². The summed E-state index contributed by atoms with van der Waals surface area (Å²) in [6.45, 7) is 9.92. The molecule has 4 heteroatoms. The smallest absolute Gasteiger partial charge is 0.320 e. The van der Waals surface area contributed by atoms with E-state index >= 15 is 0 Å². The quantitative estimate of drug-likeness (QED) is 0.399. The fraction of sp³-hybridized carbons (Fsp3) is 0.882. The van der Waals surface area contributed by atoms with Gasteiger partial charge < -0.3 is 9.47 Å². The Morgan fingerprint density at radius 3 is 2.43 bits per heavy atom. The molecule has 0 heterocycles. The highest BCUT2D eigenvalue weighted by atomic mass is 16.5. The molecule has 0 aromatic heterocycles. The maximum absolute atomic E-state index is 11.0. The first-order valence-electron chi connectivity index (χ1n) is 8.04. The molecule has 0 amide bonds. The van der Waals surface area contributed by atoms with Crippen LogP contribution in [0.5, 0.6) is 0 Å². The van der Waals surface area contributed by atoms with Crippen molar-refractivity contribution in [2.75, 3.05) is 13.2 Å². The Bertz CT molecular complexity index is 318. The number of rotatable bonds is 12. The lowest BCUT2D eigenvalue weighted by Gasteiger charge is -2.25. The molecule has 0 N–H and O–H groups in total. The van der Waals surface area contributed by atoms with Gasteiger partial charge in [0.25, 0.3) is 0 Å². The van der Waals surface area contributed by atoms with Crippen molar-refractivity contribution < 1.29 is 14.3 Å². The van der Waals surface area contributed by atoms with E-state index in [1.54, 1.807) is 6.07 Å². The minimum Gasteiger partial charge on any atom is -0.465 e. The zero-order chi connectivity index (χ0) is 16.1. The standard InChI is InChI=1S/C17H31NO3/c1-15(2)9-5-7-14-21-17(3,4)11-6-8-13-20-16(19)10-12-18/h15H,5-11,13-14H2,1-4H3. The van der Waals surface area contributed by atoms with Crippen LogP contribution in [0.1, 0.15) is 72.6 Å². The van der Waals surface area contributed by atoms with Gasteiger partial charge in [0.2, 0.25) is 0 Å². The van der Waals surface area contributed by atoms with Gasteiger partial charge in [0, 0.05) is 6.61 Å². The number of ether oxygens (including phenoxy) is 2. The molecule has 0 bridgehead atoms. The Kier molecular flexibility index (Phi) is 11.0. The molecule has 0 aliphatic carbocycles. The predicted molar refractivity (Wildman–Crippen MR) is 83.8 cm³/mol. The largest absolute Gasteiger partial charge is 0.465 e. The van der Waals surface area contributed by atoms with Crippen LogP contribution in [-0.2, 0) is 14.3 Å². The van der Waals surface area contributed by atoms with E-state index in [1.165, 1.54) is 12.8 Å². The summed E-state index contributed by atoms with van der Waals surface area (Å²) in [5.41, 5.74) is -0.117. The Balaban J connectivity index is 3.55. The molecule has 4 nitrogen and oxygen atoms in total. The molecule has 122 valence electrons. The summed E-state index contributed by atoms with van der Waals surface area (Å²) in [6, 6.07) is 1.78. The van der Waals surface area contributed by atoms with Crippen molar-refractivity contribution in [2.24, 2.45) is 5.92 Å². The highest BCUT2D eigenvalue weighted by Crippen LogP contribution is 2.19. The second-order valence-corrected chi connectivity index (χ2v) is 6.51. The molecule has 0 saturated heterocycles. The van der Waals surface area contributed by atoms with Crippen LogP contribution in [0.2, 0.25) is 0 Å². The summed E-state index contributed by atoms with van der Waals surface area (Å²) in [5, 5.41) is 8.33. The van der Waals surface area contributed by atoms with Gasteiger partial charge in [-0.15, -0.1) is 0 Å². The highest BCUT2D eigenvalue weighted by Gasteiger charge is 2.17. The molecule has 0 spiro atoms. The van der Waals surface area contributed by atoms with Crippen LogP contribution in [0.15, 0.2) is 0 Å². The summed E-state index contributed by atoms with van der Waals surface area (Å²) in [7, 11) is 0. The SMILES string of the molecule is CC(C)CCCCOC(C)(C)CCCCOC(=O)CC#N. The van der Waals surface area contributed by atoms with Crippen LogP contribution >= 0.6 is 0 Å². The van der Waals surface area contributed by atoms with Crippen molar-refractivity contribution in [2.45, 2.75) is 78.2 Å². The fourth-order valence-corrected chi connectivity index (χ4v) is 2.03. The number of carbonyl (C=O) groups excluding carboxylic acids is 1. The molecule has 0 fully saturated rings. The van der Waals surface area contributed by atoms with Gasteiger partial charge in [-0.3, -0.25) is 4.79 Å². The Morgan fingerprint density at radius 1 is 1.14 bits per heavy atom. The van der Waals surface area contributed by atoms with Gasteiger partial charge in [-0.05, 0) is 45.4 Å². The predicted octanol–water partition coefficient (Wildman–Crippen LogP) is 4.24. The maximum atomic E-state index is 11.0. The molecule has 0 saturated carbocycles. The molecule has 0 aromatic carbocycles. The number of carbonyl (C=O) groups is 1. The van der Waals surface area contributed by atoms with E-state index in [-0.39, 0.29) is 12.0 Å². The lowest BCUT2D eigenvalue weighted by molar-refractivity contribution is -0.142. The van der Waals surface area contributed by atoms with Crippen LogP contribution in [0, 0.1) is 17.2 Å². The fourth-order valence-electron chi connectivity index (χ4n) is 2.03. The Labute approximate surface area is 129 Å². The average molecular weight is 297 g/mol. The van der Waals surface area contributed by atoms with Gasteiger partial charge in [-0.25, -0.2) is 0 Å². The number of hydrogen-bond acceptors (Lipinski definition) is 4. The number of nitrogens with zero attached hydrogens (tertiary/aromatic N) is 1. The van der Waals surface area contributed by atoms with Gasteiger partial charge in [0.05, 0.1) is 18.3 Å². The molecule has 0 aliphatic rings. The van der Waals surface area contributed by atoms with Crippen molar-refractivity contribution in [1.82, 2.24) is 0 Å². The normalized spacial score (nSPS) is 11.4. The molecule has 0 aliphatic heterocycles. The van der Waals surface area contributed by atoms with E-state index in [2.05, 4.69) is 27.7 Å². The van der Waals surface area contributed by atoms with E-state index in [4.69, 9.17) is 14.7 Å². The van der Waals surface area contributed by atoms with Crippen molar-refractivity contribution in [3.05, 3.63) is 0 Å². The molecule has 0 unspecified atom stereocenters. The van der Waals surface area contributed by atoms with Crippen LogP contribution in [-0.4, -0.2) is 24.8 Å². The molecular formula is C17H31NO3. The third-order valence-corrected chi connectivity index (χ3v) is 3.33. The highest BCUT2D eigenvalue weighted by molar-refractivity contribution is 5.71. The molecule has 0 rings (SSSR count). The topological polar surface area (TPSA) is 59.3 Å². The average Bonchev–Trinajstić information content (AvgIpc) is 2.37. The lowest BCUT2D eigenvalue weighted by Crippen LogP contribution is -2.25. The zero-order valence-electron chi connectivity index (χ0n) is 14.1. The maximum Gasteiger partial charge on any atom is 0.320 e. The van der Waals surface area contributed by atoms with Gasteiger partial charge >= 0.3 is 5.97 Å². The Morgan fingerprint density at radius 2 is 1.81 bits per heavy atom. The summed E-state index contributed by atoms with van der Waals surface area (Å²) >= 11 is 0. The van der Waals surface area contributed by atoms with E-state index in [9.17, 15) is 4.79 Å². The first-order chi connectivity index (χ1) is 9.87. The summed E-state index contributed by atoms with van der Waals surface area (Å²) in [6.07, 6.45) is 6.17. The summed E-state index contributed by atoms with van der Waals surface area (Å²) in [4.78, 5) is 11.0. The molecular weight excluding hydrogens is 266 g/mol. The van der Waals surface area contributed by atoms with Gasteiger partial charge in [-0.1, -0.05) is 26.7 Å². The molecule has 0 radical (unpaired) electrons. The second kappa shape index (κ2) is 11.6. The van der Waals surface area contributed by atoms with Crippen molar-refractivity contribution in [3.63, 3.8) is 0 Å². The Hall–Kier alpha value is -1.08. The number of hydrogen-bond donors (Lipinski definition) is 0. The van der Waals surface area contributed by atoms with Crippen LogP contribution < -0.4 is 0 Å². The number of esters is 1. The van der Waals surface area contributed by atoms with E-state index in [1.807, 2.05) is 0 Å². The van der Waals surface area contributed by atoms with Crippen molar-refractivity contribution in [3.8, 4) is 6.07 Å². The summed E-state index contributed by atoms with van der Waals surface area (Å²) in [5.74, 6) is 0.333. The first-order valence-corrected chi connectivity index (χ1v) is 8.04. The second-order valence-electron chi connectivity index (χ2n) is 6.51. The molecule has 21 heavy (non-hydrogen) atoms. The zero-order valence-corrected chi connectivity index (χ0v) is 14.1.